The van der Waals surface area contributed by atoms with Crippen LogP contribution in [0.3, 0.4) is 0 Å². The van der Waals surface area contributed by atoms with Gasteiger partial charge in [-0.05, 0) is 271 Å². The van der Waals surface area contributed by atoms with Crippen LogP contribution in [0.4, 0.5) is 0 Å². The number of hydrogen-bond donors (Lipinski definition) is 0. The van der Waals surface area contributed by atoms with Gasteiger partial charge in [-0.1, -0.05) is 165 Å². The van der Waals surface area contributed by atoms with Crippen molar-refractivity contribution >= 4 is 54.0 Å². The summed E-state index contributed by atoms with van der Waals surface area (Å²) in [4.78, 5) is 0. The van der Waals surface area contributed by atoms with E-state index < -0.39 is 0 Å². The van der Waals surface area contributed by atoms with Gasteiger partial charge < -0.3 is 0 Å². The molecule has 0 saturated heterocycles. The van der Waals surface area contributed by atoms with E-state index in [0.29, 0.717) is 11.8 Å². The molecule has 0 bridgehead atoms. The number of aromatic nitrogens is 5. The van der Waals surface area contributed by atoms with Gasteiger partial charge in [0.05, 0.1) is 43.6 Å². The van der Waals surface area contributed by atoms with E-state index in [-0.39, 0.29) is 0 Å². The fraction of sp³-hybridized carbons (Fsp3) is 0.265. The van der Waals surface area contributed by atoms with Gasteiger partial charge in [0.25, 0.3) is 0 Å². The van der Waals surface area contributed by atoms with Crippen LogP contribution in [0.15, 0.2) is 231 Å². The summed E-state index contributed by atoms with van der Waals surface area (Å²) in [7, 11) is 10.7. The van der Waals surface area contributed by atoms with Gasteiger partial charge in [0.15, 0.2) is 24.8 Å². The summed E-state index contributed by atoms with van der Waals surface area (Å²) in [5, 5.41) is 11.9. The lowest BCUT2D eigenvalue weighted by Crippen LogP contribution is -2.32. The second-order valence-corrected chi connectivity index (χ2v) is 31.4. The van der Waals surface area contributed by atoms with Crippen LogP contribution in [0, 0.1) is 110 Å². The molecule has 5 nitrogen and oxygen atoms in total. The van der Waals surface area contributed by atoms with E-state index in [1.54, 1.807) is 0 Å². The lowest BCUT2D eigenvalue weighted by atomic mass is 9.93. The summed E-state index contributed by atoms with van der Waals surface area (Å²) in [6.45, 7) is 42.0. The molecule has 0 atom stereocenters. The molecule has 0 aliphatic rings. The minimum absolute atomic E-state index is 0.555. The largest absolute Gasteiger partial charge is 0.220 e. The van der Waals surface area contributed by atoms with E-state index >= 15 is 0 Å². The average Bonchev–Trinajstić information content (AvgIpc) is 0.777. The monoisotopic (exact) mass is 1410 g/mol. The predicted molar refractivity (Wildman–Crippen MR) is 456 cm³/mol. The molecular formula is C102H114N5+5. The van der Waals surface area contributed by atoms with Crippen LogP contribution < -0.4 is 22.8 Å². The van der Waals surface area contributed by atoms with Crippen LogP contribution in [0.2, 0.25) is 0 Å². The molecule has 0 saturated carbocycles. The van der Waals surface area contributed by atoms with Gasteiger partial charge in [-0.3, -0.25) is 0 Å². The number of nitrogens with zero attached hydrogens (tertiary/aromatic N) is 5. The van der Waals surface area contributed by atoms with Crippen LogP contribution in [0.5, 0.6) is 0 Å². The van der Waals surface area contributed by atoms with Crippen LogP contribution in [0.1, 0.15) is 128 Å². The third-order valence-electron chi connectivity index (χ3n) is 22.2. The number of pyridine rings is 5. The van der Waals surface area contributed by atoms with Crippen molar-refractivity contribution in [3.05, 3.63) is 326 Å². The lowest BCUT2D eigenvalue weighted by Gasteiger charge is -2.12. The summed E-state index contributed by atoms with van der Waals surface area (Å²) in [5.41, 5.74) is 37.5. The second kappa shape index (κ2) is 32.9. The van der Waals surface area contributed by atoms with Gasteiger partial charge >= 0.3 is 0 Å². The normalized spacial score (nSPS) is 11.2. The molecule has 15 aromatic rings. The maximum absolute atomic E-state index is 2.36. The molecule has 0 aliphatic heterocycles. The molecule has 0 N–H and O–H groups in total. The van der Waals surface area contributed by atoms with Crippen molar-refractivity contribution in [2.45, 2.75) is 144 Å². The van der Waals surface area contributed by atoms with Gasteiger partial charge in [-0.15, -0.1) is 0 Å². The molecule has 107 heavy (non-hydrogen) atoms. The predicted octanol–water partition coefficient (Wildman–Crippen LogP) is 23.6. The molecule has 15 rings (SSSR count). The topological polar surface area (TPSA) is 19.4 Å². The van der Waals surface area contributed by atoms with Gasteiger partial charge in [-0.2, -0.15) is 4.57 Å². The highest BCUT2D eigenvalue weighted by atomic mass is 14.9. The van der Waals surface area contributed by atoms with Crippen LogP contribution in [0.25, 0.3) is 110 Å². The van der Waals surface area contributed by atoms with Crippen molar-refractivity contribution in [2.24, 2.45) is 41.2 Å². The Morgan fingerprint density at radius 1 is 0.280 bits per heavy atom. The van der Waals surface area contributed by atoms with Crippen molar-refractivity contribution in [2.75, 3.05) is 0 Å². The summed E-state index contributed by atoms with van der Waals surface area (Å²) >= 11 is 0. The SMILES string of the molecule is Cc1cc(C)c(C)c(-c2c3ccc(C(C)C)cc3cc[n+]2C)c1.Cc1cc(C)c(C)c(-c2c3ccc(CC(C)C)cc3cc[n+]2C)c1.Cc1cc(C)c(C)c(-c2c3ccccc3cc[n+]2C)c1.Cc1cc(C)c(C)c(-c2cc(C)c3c(C)cccc3[n+]2C)c1.Cc1ccccc1-c1c2ccccc2cc[n+]1C. The molecule has 5 heterocycles. The van der Waals surface area contributed by atoms with Gasteiger partial charge in [0, 0.05) is 47.5 Å². The number of benzene rings is 10. The Kier molecular flexibility index (Phi) is 23.8. The van der Waals surface area contributed by atoms with E-state index in [2.05, 4.69) is 421 Å². The molecule has 5 heteroatoms. The molecule has 0 aliphatic carbocycles. The Hall–Kier alpha value is -10.8. The van der Waals surface area contributed by atoms with E-state index in [9.17, 15) is 0 Å². The molecule has 5 aromatic heterocycles. The van der Waals surface area contributed by atoms with Crippen LogP contribution in [-0.2, 0) is 41.7 Å². The zero-order valence-corrected chi connectivity index (χ0v) is 68.5. The van der Waals surface area contributed by atoms with Gasteiger partial charge in [0.2, 0.25) is 34.0 Å². The fourth-order valence-electron chi connectivity index (χ4n) is 15.9. The lowest BCUT2D eigenvalue weighted by molar-refractivity contribution is -0.659. The fourth-order valence-corrected chi connectivity index (χ4v) is 15.9. The number of fused-ring (bicyclic) bond motifs is 5. The minimum Gasteiger partial charge on any atom is -0.200 e. The van der Waals surface area contributed by atoms with E-state index in [1.165, 1.54) is 205 Å². The number of hydrogen-bond acceptors (Lipinski definition) is 0. The molecule has 0 spiro atoms. The Morgan fingerprint density at radius 2 is 0.654 bits per heavy atom. The highest BCUT2D eigenvalue weighted by Crippen LogP contribution is 2.36. The average molecular weight is 1410 g/mol. The molecule has 0 unspecified atom stereocenters. The minimum atomic E-state index is 0.555. The Balaban J connectivity index is 0.000000134. The third kappa shape index (κ3) is 16.8. The van der Waals surface area contributed by atoms with Gasteiger partial charge in [-0.25, -0.2) is 18.3 Å². The van der Waals surface area contributed by atoms with Crippen molar-refractivity contribution in [3.63, 3.8) is 0 Å². The maximum atomic E-state index is 2.36. The summed E-state index contributed by atoms with van der Waals surface area (Å²) in [5.74, 6) is 1.24. The number of rotatable bonds is 8. The summed E-state index contributed by atoms with van der Waals surface area (Å²) in [6.07, 6.45) is 9.78. The number of aryl methyl sites for hydroxylation is 16. The van der Waals surface area contributed by atoms with Crippen molar-refractivity contribution < 1.29 is 22.8 Å². The molecular weight excluding hydrogens is 1300 g/mol. The Morgan fingerprint density at radius 3 is 1.10 bits per heavy atom. The first kappa shape index (κ1) is 77.4. The third-order valence-corrected chi connectivity index (χ3v) is 22.2. The zero-order valence-electron chi connectivity index (χ0n) is 68.5. The quantitative estimate of drug-likeness (QED) is 0.135. The molecule has 10 aromatic carbocycles. The Labute approximate surface area is 639 Å². The maximum Gasteiger partial charge on any atom is 0.220 e. The Bertz CT molecular complexity index is 5860. The van der Waals surface area contributed by atoms with E-state index in [1.807, 2.05) is 0 Å². The zero-order chi connectivity index (χ0) is 77.0. The first-order valence-corrected chi connectivity index (χ1v) is 38.4. The standard InChI is InChI=1S/C23H28N.C22H26N.C21H24N.C19H20N.C17H16N/c1-15(2)11-19-7-8-21-20(14-19)9-10-24(6)23(21)22-13-16(3)12-17(4)18(22)5;1-14(2)18-7-8-20-19(13-18)9-10-23(6)22(20)21-12-15(3)11-16(4)17(21)5;1-13-10-15(3)17(5)18(11-13)20-12-16(4)21-14(2)8-7-9-19(21)22(20)6;1-13-11-14(2)15(3)18(12-13)19-17-8-6-5-7-16(17)9-10-20(19)4;1-13-7-3-5-9-15(13)17-16-10-6-4-8-14(16)11-12-18(17)2/h7-10,12-15H,11H2,1-6H3;7-14H,1-6H3;7-12H,1-6H3;5-12H,1-4H3;3-12H,1-2H3/q5*+1. The van der Waals surface area contributed by atoms with Crippen molar-refractivity contribution in [1.82, 2.24) is 0 Å². The van der Waals surface area contributed by atoms with Crippen molar-refractivity contribution in [1.29, 1.82) is 0 Å². The first-order chi connectivity index (χ1) is 51.0. The molecule has 0 radical (unpaired) electrons. The summed E-state index contributed by atoms with van der Waals surface area (Å²) < 4.78 is 11.3. The van der Waals surface area contributed by atoms with Gasteiger partial charge in [0.1, 0.15) is 35.2 Å². The highest BCUT2D eigenvalue weighted by Gasteiger charge is 2.25. The van der Waals surface area contributed by atoms with E-state index in [4.69, 9.17) is 0 Å². The second-order valence-electron chi connectivity index (χ2n) is 31.4. The van der Waals surface area contributed by atoms with Crippen molar-refractivity contribution in [3.8, 4) is 56.3 Å². The first-order valence-electron chi connectivity index (χ1n) is 38.4. The molecule has 0 amide bonds. The summed E-state index contributed by atoms with van der Waals surface area (Å²) in [6, 6.07) is 75.5. The molecule has 0 fully saturated rings. The smallest absolute Gasteiger partial charge is 0.200 e. The molecule has 542 valence electrons. The van der Waals surface area contributed by atoms with Crippen LogP contribution in [-0.4, -0.2) is 0 Å². The van der Waals surface area contributed by atoms with Crippen LogP contribution >= 0.6 is 0 Å². The van der Waals surface area contributed by atoms with E-state index in [0.717, 1.165) is 6.42 Å². The highest BCUT2D eigenvalue weighted by molar-refractivity contribution is 5.97.